The molecule has 0 aliphatic carbocycles. The minimum absolute atomic E-state index is 0.166. The molecule has 0 fully saturated rings. The predicted molar refractivity (Wildman–Crippen MR) is 86.5 cm³/mol. The number of pyridine rings is 1. The van der Waals surface area contributed by atoms with Crippen LogP contribution in [0.25, 0.3) is 0 Å². The van der Waals surface area contributed by atoms with Crippen LogP contribution in [-0.2, 0) is 6.54 Å². The fourth-order valence-corrected chi connectivity index (χ4v) is 2.64. The zero-order chi connectivity index (χ0) is 16.3. The quantitative estimate of drug-likeness (QED) is 0.791. The Morgan fingerprint density at radius 3 is 2.73 bits per heavy atom. The lowest BCUT2D eigenvalue weighted by molar-refractivity contribution is 0.0746. The van der Waals surface area contributed by atoms with Gasteiger partial charge in [-0.2, -0.15) is 0 Å². The van der Waals surface area contributed by atoms with Crippen LogP contribution in [0.15, 0.2) is 27.8 Å². The molecule has 5 nitrogen and oxygen atoms in total. The van der Waals surface area contributed by atoms with Crippen molar-refractivity contribution in [2.75, 3.05) is 20.4 Å². The molecule has 0 atom stereocenters. The second-order valence-corrected chi connectivity index (χ2v) is 5.84. The van der Waals surface area contributed by atoms with Crippen molar-refractivity contribution in [2.45, 2.75) is 25.5 Å². The van der Waals surface area contributed by atoms with Gasteiger partial charge in [-0.05, 0) is 32.2 Å². The first-order valence-corrected chi connectivity index (χ1v) is 8.08. The molecule has 0 aliphatic heterocycles. The van der Waals surface area contributed by atoms with Gasteiger partial charge < -0.3 is 14.1 Å². The van der Waals surface area contributed by atoms with Crippen LogP contribution in [0.1, 0.15) is 27.4 Å². The van der Waals surface area contributed by atoms with Crippen LogP contribution in [0.2, 0.25) is 0 Å². The van der Waals surface area contributed by atoms with Crippen LogP contribution in [0, 0.1) is 13.8 Å². The molecular weight excluding hydrogens is 300 g/mol. The van der Waals surface area contributed by atoms with Gasteiger partial charge in [0.1, 0.15) is 5.75 Å². The van der Waals surface area contributed by atoms with Crippen LogP contribution in [0.5, 0.6) is 5.75 Å². The first-order valence-electron chi connectivity index (χ1n) is 6.86. The average Bonchev–Trinajstić information content (AvgIpc) is 2.98. The predicted octanol–water partition coefficient (Wildman–Crippen LogP) is 3.29. The Bertz CT molecular complexity index is 682. The zero-order valence-electron chi connectivity index (χ0n) is 13.5. The Kier molecular flexibility index (Phi) is 5.13. The van der Waals surface area contributed by atoms with Gasteiger partial charge in [0.05, 0.1) is 19.3 Å². The molecule has 6 heteroatoms. The number of carbonyl (C=O) groups excluding carboxylic acids is 1. The lowest BCUT2D eigenvalue weighted by atomic mass is 10.1. The summed E-state index contributed by atoms with van der Waals surface area (Å²) in [5, 5.41) is 0.725. The Labute approximate surface area is 134 Å². The van der Waals surface area contributed by atoms with E-state index in [-0.39, 0.29) is 5.91 Å². The van der Waals surface area contributed by atoms with Crippen molar-refractivity contribution in [1.82, 2.24) is 9.88 Å². The normalized spacial score (nSPS) is 10.6. The SMILES string of the molecule is COc1c(C)cnc(CN(C)C(=O)c2ccc(SC)o2)c1C. The number of rotatable bonds is 5. The van der Waals surface area contributed by atoms with Crippen LogP contribution in [-0.4, -0.2) is 36.2 Å². The van der Waals surface area contributed by atoms with E-state index in [1.54, 1.807) is 37.4 Å². The summed E-state index contributed by atoms with van der Waals surface area (Å²) in [6, 6.07) is 3.49. The van der Waals surface area contributed by atoms with E-state index in [1.165, 1.54) is 11.8 Å². The van der Waals surface area contributed by atoms with E-state index in [1.807, 2.05) is 20.1 Å². The summed E-state index contributed by atoms with van der Waals surface area (Å²) in [5.74, 6) is 0.984. The third-order valence-electron chi connectivity index (χ3n) is 3.48. The van der Waals surface area contributed by atoms with E-state index in [2.05, 4.69) is 4.98 Å². The molecular formula is C16H20N2O3S. The molecule has 0 spiro atoms. The van der Waals surface area contributed by atoms with Crippen LogP contribution in [0.4, 0.5) is 0 Å². The molecule has 118 valence electrons. The molecule has 2 heterocycles. The molecule has 2 aromatic rings. The largest absolute Gasteiger partial charge is 0.496 e. The maximum atomic E-state index is 12.4. The molecule has 2 aromatic heterocycles. The standard InChI is InChI=1S/C16H20N2O3S/c1-10-8-17-12(11(2)15(10)20-4)9-18(3)16(19)13-6-7-14(21-13)22-5/h6-8H,9H2,1-5H3. The van der Waals surface area contributed by atoms with Gasteiger partial charge in [-0.1, -0.05) is 11.8 Å². The molecule has 0 N–H and O–H groups in total. The monoisotopic (exact) mass is 320 g/mol. The van der Waals surface area contributed by atoms with E-state index in [9.17, 15) is 4.79 Å². The lowest BCUT2D eigenvalue weighted by Gasteiger charge is -2.18. The second kappa shape index (κ2) is 6.87. The first-order chi connectivity index (χ1) is 10.5. The fourth-order valence-electron chi connectivity index (χ4n) is 2.26. The van der Waals surface area contributed by atoms with Gasteiger partial charge in [0.2, 0.25) is 0 Å². The maximum Gasteiger partial charge on any atom is 0.289 e. The maximum absolute atomic E-state index is 12.4. The van der Waals surface area contributed by atoms with Gasteiger partial charge in [-0.15, -0.1) is 0 Å². The van der Waals surface area contributed by atoms with Crippen molar-refractivity contribution in [3.8, 4) is 5.75 Å². The van der Waals surface area contributed by atoms with Crippen LogP contribution < -0.4 is 4.74 Å². The molecule has 1 amide bonds. The molecule has 0 bridgehead atoms. The number of aryl methyl sites for hydroxylation is 1. The summed E-state index contributed by atoms with van der Waals surface area (Å²) in [5.41, 5.74) is 2.75. The minimum Gasteiger partial charge on any atom is -0.496 e. The topological polar surface area (TPSA) is 55.6 Å². The molecule has 0 aromatic carbocycles. The van der Waals surface area contributed by atoms with Gasteiger partial charge in [0.25, 0.3) is 5.91 Å². The number of nitrogens with zero attached hydrogens (tertiary/aromatic N) is 2. The third kappa shape index (κ3) is 3.27. The number of aromatic nitrogens is 1. The summed E-state index contributed by atoms with van der Waals surface area (Å²) >= 11 is 1.47. The molecule has 2 rings (SSSR count). The molecule has 22 heavy (non-hydrogen) atoms. The molecule has 0 unspecified atom stereocenters. The summed E-state index contributed by atoms with van der Waals surface area (Å²) in [6.45, 7) is 4.30. The highest BCUT2D eigenvalue weighted by Gasteiger charge is 2.18. The summed E-state index contributed by atoms with van der Waals surface area (Å²) in [6.07, 6.45) is 3.67. The fraction of sp³-hybridized carbons (Fsp3) is 0.375. The van der Waals surface area contributed by atoms with Crippen molar-refractivity contribution < 1.29 is 13.9 Å². The smallest absolute Gasteiger partial charge is 0.289 e. The van der Waals surface area contributed by atoms with Gasteiger partial charge in [0.15, 0.2) is 10.9 Å². The summed E-state index contributed by atoms with van der Waals surface area (Å²) in [7, 11) is 3.37. The van der Waals surface area contributed by atoms with Crippen molar-refractivity contribution in [1.29, 1.82) is 0 Å². The minimum atomic E-state index is -0.166. The van der Waals surface area contributed by atoms with E-state index < -0.39 is 0 Å². The Balaban J connectivity index is 2.18. The van der Waals surface area contributed by atoms with Crippen molar-refractivity contribution in [2.24, 2.45) is 0 Å². The van der Waals surface area contributed by atoms with Crippen molar-refractivity contribution in [3.05, 3.63) is 40.9 Å². The third-order valence-corrected chi connectivity index (χ3v) is 4.10. The summed E-state index contributed by atoms with van der Waals surface area (Å²) in [4.78, 5) is 18.4. The molecule has 0 saturated heterocycles. The van der Waals surface area contributed by atoms with Crippen molar-refractivity contribution >= 4 is 17.7 Å². The second-order valence-electron chi connectivity index (χ2n) is 5.03. The van der Waals surface area contributed by atoms with E-state index in [0.29, 0.717) is 12.3 Å². The highest BCUT2D eigenvalue weighted by molar-refractivity contribution is 7.98. The van der Waals surface area contributed by atoms with Crippen molar-refractivity contribution in [3.63, 3.8) is 0 Å². The number of ether oxygens (including phenoxy) is 1. The first kappa shape index (κ1) is 16.4. The van der Waals surface area contributed by atoms with E-state index in [0.717, 1.165) is 27.7 Å². The van der Waals surface area contributed by atoms with Gasteiger partial charge in [-0.3, -0.25) is 9.78 Å². The number of carbonyl (C=O) groups is 1. The number of thioether (sulfide) groups is 1. The molecule has 0 radical (unpaired) electrons. The number of methoxy groups -OCH3 is 1. The Hall–Kier alpha value is -1.95. The lowest BCUT2D eigenvalue weighted by Crippen LogP contribution is -2.26. The van der Waals surface area contributed by atoms with Crippen LogP contribution >= 0.6 is 11.8 Å². The van der Waals surface area contributed by atoms with Gasteiger partial charge in [0, 0.05) is 24.4 Å². The zero-order valence-corrected chi connectivity index (χ0v) is 14.3. The van der Waals surface area contributed by atoms with E-state index in [4.69, 9.17) is 9.15 Å². The van der Waals surface area contributed by atoms with E-state index >= 15 is 0 Å². The van der Waals surface area contributed by atoms with Gasteiger partial charge in [-0.25, -0.2) is 0 Å². The Morgan fingerprint density at radius 2 is 2.14 bits per heavy atom. The van der Waals surface area contributed by atoms with Crippen LogP contribution in [0.3, 0.4) is 0 Å². The highest BCUT2D eigenvalue weighted by Crippen LogP contribution is 2.25. The number of hydrogen-bond acceptors (Lipinski definition) is 5. The number of amides is 1. The average molecular weight is 320 g/mol. The number of furan rings is 1. The molecule has 0 aliphatic rings. The van der Waals surface area contributed by atoms with Gasteiger partial charge >= 0.3 is 0 Å². The molecule has 0 saturated carbocycles. The Morgan fingerprint density at radius 1 is 1.41 bits per heavy atom. The number of hydrogen-bond donors (Lipinski definition) is 0. The summed E-state index contributed by atoms with van der Waals surface area (Å²) < 4.78 is 10.9. The highest BCUT2D eigenvalue weighted by atomic mass is 32.2.